The van der Waals surface area contributed by atoms with Crippen LogP contribution in [0.2, 0.25) is 0 Å². The van der Waals surface area contributed by atoms with Gasteiger partial charge < -0.3 is 10.2 Å². The molecule has 1 aliphatic rings. The zero-order valence-corrected chi connectivity index (χ0v) is 9.17. The van der Waals surface area contributed by atoms with E-state index in [1.807, 2.05) is 0 Å². The Bertz CT molecular complexity index is 333. The van der Waals surface area contributed by atoms with Crippen LogP contribution < -0.4 is 10.2 Å². The molecular weight excluding hydrogens is 172 g/mol. The molecule has 0 spiro atoms. The van der Waals surface area contributed by atoms with Gasteiger partial charge in [-0.25, -0.2) is 0 Å². The second-order valence-electron chi connectivity index (χ2n) is 4.10. The van der Waals surface area contributed by atoms with Crippen LogP contribution in [0.1, 0.15) is 18.9 Å². The smallest absolute Gasteiger partial charge is 0.0629 e. The lowest BCUT2D eigenvalue weighted by molar-refractivity contribution is 0.661. The van der Waals surface area contributed by atoms with Crippen molar-refractivity contribution in [3.05, 3.63) is 23.8 Å². The zero-order chi connectivity index (χ0) is 10.1. The highest BCUT2D eigenvalue weighted by Crippen LogP contribution is 2.33. The van der Waals surface area contributed by atoms with E-state index in [4.69, 9.17) is 0 Å². The van der Waals surface area contributed by atoms with Crippen molar-refractivity contribution in [2.24, 2.45) is 0 Å². The van der Waals surface area contributed by atoms with Crippen LogP contribution in [0.3, 0.4) is 0 Å². The van der Waals surface area contributed by atoms with Gasteiger partial charge in [-0.2, -0.15) is 0 Å². The molecule has 1 unspecified atom stereocenters. The summed E-state index contributed by atoms with van der Waals surface area (Å²) in [7, 11) is 2.18. The number of nitrogens with one attached hydrogen (secondary N) is 1. The number of rotatable bonds is 1. The molecule has 0 aromatic heterocycles. The van der Waals surface area contributed by atoms with Gasteiger partial charge in [0.15, 0.2) is 0 Å². The van der Waals surface area contributed by atoms with Crippen LogP contribution in [0, 0.1) is 6.92 Å². The lowest BCUT2D eigenvalue weighted by Crippen LogP contribution is -2.39. The van der Waals surface area contributed by atoms with Crippen LogP contribution in [-0.2, 0) is 0 Å². The summed E-state index contributed by atoms with van der Waals surface area (Å²) in [4.78, 5) is 2.36. The number of nitrogens with zero attached hydrogens (tertiary/aromatic N) is 1. The summed E-state index contributed by atoms with van der Waals surface area (Å²) in [6.07, 6.45) is 1.18. The minimum absolute atomic E-state index is 0.592. The maximum atomic E-state index is 3.58. The predicted molar refractivity (Wildman–Crippen MR) is 62.2 cm³/mol. The average molecular weight is 190 g/mol. The summed E-state index contributed by atoms with van der Waals surface area (Å²) >= 11 is 0. The van der Waals surface area contributed by atoms with E-state index in [0.717, 1.165) is 6.54 Å². The maximum absolute atomic E-state index is 3.58. The van der Waals surface area contributed by atoms with Crippen molar-refractivity contribution < 1.29 is 0 Å². The lowest BCUT2D eigenvalue weighted by atomic mass is 10.1. The minimum Gasteiger partial charge on any atom is -0.379 e. The molecule has 14 heavy (non-hydrogen) atoms. The average Bonchev–Trinajstić information content (AvgIpc) is 2.17. The van der Waals surface area contributed by atoms with Crippen molar-refractivity contribution in [2.45, 2.75) is 26.3 Å². The molecule has 0 fully saturated rings. The summed E-state index contributed by atoms with van der Waals surface area (Å²) in [5.41, 5.74) is 4.00. The monoisotopic (exact) mass is 190 g/mol. The summed E-state index contributed by atoms with van der Waals surface area (Å²) in [6, 6.07) is 7.05. The third kappa shape index (κ3) is 1.45. The van der Waals surface area contributed by atoms with Crippen molar-refractivity contribution in [3.8, 4) is 0 Å². The SMILES string of the molecule is CCC1CN(C)c2c(C)cccc2N1. The Balaban J connectivity index is 2.39. The molecule has 1 aromatic rings. The number of likely N-dealkylation sites (N-methyl/N-ethyl adjacent to an activating group) is 1. The van der Waals surface area contributed by atoms with Crippen molar-refractivity contribution in [3.63, 3.8) is 0 Å². The van der Waals surface area contributed by atoms with Crippen molar-refractivity contribution in [1.29, 1.82) is 0 Å². The first-order valence-electron chi connectivity index (χ1n) is 5.29. The Morgan fingerprint density at radius 1 is 1.50 bits per heavy atom. The Kier molecular flexibility index (Phi) is 2.36. The summed E-state index contributed by atoms with van der Waals surface area (Å²) in [5, 5.41) is 3.58. The van der Waals surface area contributed by atoms with E-state index in [1.165, 1.54) is 23.4 Å². The van der Waals surface area contributed by atoms with E-state index < -0.39 is 0 Å². The van der Waals surface area contributed by atoms with Gasteiger partial charge in [0.25, 0.3) is 0 Å². The Hall–Kier alpha value is -1.18. The van der Waals surface area contributed by atoms with Crippen LogP contribution >= 0.6 is 0 Å². The number of hydrogen-bond donors (Lipinski definition) is 1. The molecule has 0 amide bonds. The number of benzene rings is 1. The second-order valence-corrected chi connectivity index (χ2v) is 4.10. The molecule has 1 atom stereocenters. The van der Waals surface area contributed by atoms with E-state index in [-0.39, 0.29) is 0 Å². The molecule has 2 nitrogen and oxygen atoms in total. The Labute approximate surface area is 85.9 Å². The first-order chi connectivity index (χ1) is 6.72. The van der Waals surface area contributed by atoms with E-state index in [1.54, 1.807) is 0 Å². The maximum Gasteiger partial charge on any atom is 0.0629 e. The van der Waals surface area contributed by atoms with Crippen LogP contribution in [0.25, 0.3) is 0 Å². The zero-order valence-electron chi connectivity index (χ0n) is 9.17. The van der Waals surface area contributed by atoms with Gasteiger partial charge in [0.1, 0.15) is 0 Å². The first kappa shape index (κ1) is 9.38. The largest absolute Gasteiger partial charge is 0.379 e. The molecule has 2 rings (SSSR count). The molecule has 1 heterocycles. The summed E-state index contributed by atoms with van der Waals surface area (Å²) in [5.74, 6) is 0. The molecule has 2 heteroatoms. The van der Waals surface area contributed by atoms with Gasteiger partial charge in [-0.05, 0) is 25.0 Å². The highest BCUT2D eigenvalue weighted by molar-refractivity contribution is 5.75. The van der Waals surface area contributed by atoms with Gasteiger partial charge in [0.05, 0.1) is 11.4 Å². The van der Waals surface area contributed by atoms with Gasteiger partial charge in [-0.3, -0.25) is 0 Å². The minimum atomic E-state index is 0.592. The molecular formula is C12H18N2. The van der Waals surface area contributed by atoms with E-state index in [0.29, 0.717) is 6.04 Å². The fraction of sp³-hybridized carbons (Fsp3) is 0.500. The number of fused-ring (bicyclic) bond motifs is 1. The van der Waals surface area contributed by atoms with Crippen LogP contribution in [0.5, 0.6) is 0 Å². The van der Waals surface area contributed by atoms with Gasteiger partial charge in [0.2, 0.25) is 0 Å². The van der Waals surface area contributed by atoms with Gasteiger partial charge >= 0.3 is 0 Å². The number of para-hydroxylation sites is 1. The normalized spacial score (nSPS) is 20.2. The lowest BCUT2D eigenvalue weighted by Gasteiger charge is -2.35. The molecule has 76 valence electrons. The number of anilines is 2. The first-order valence-corrected chi connectivity index (χ1v) is 5.29. The third-order valence-corrected chi connectivity index (χ3v) is 2.97. The quantitative estimate of drug-likeness (QED) is 0.732. The van der Waals surface area contributed by atoms with Gasteiger partial charge in [0, 0.05) is 19.6 Å². The van der Waals surface area contributed by atoms with E-state index >= 15 is 0 Å². The topological polar surface area (TPSA) is 15.3 Å². The number of aryl methyl sites for hydroxylation is 1. The molecule has 0 radical (unpaired) electrons. The Morgan fingerprint density at radius 2 is 2.29 bits per heavy atom. The molecule has 0 saturated carbocycles. The van der Waals surface area contributed by atoms with Crippen LogP contribution in [-0.4, -0.2) is 19.6 Å². The molecule has 0 aliphatic carbocycles. The van der Waals surface area contributed by atoms with E-state index in [2.05, 4.69) is 49.3 Å². The molecule has 1 aliphatic heterocycles. The van der Waals surface area contributed by atoms with Crippen LogP contribution in [0.4, 0.5) is 11.4 Å². The number of hydrogen-bond acceptors (Lipinski definition) is 2. The highest BCUT2D eigenvalue weighted by atomic mass is 15.2. The summed E-state index contributed by atoms with van der Waals surface area (Å²) < 4.78 is 0. The fourth-order valence-electron chi connectivity index (χ4n) is 2.20. The second kappa shape index (κ2) is 3.52. The standard InChI is InChI=1S/C12H18N2/c1-4-10-8-14(3)12-9(2)6-5-7-11(12)13-10/h5-7,10,13H,4,8H2,1-3H3. The van der Waals surface area contributed by atoms with Gasteiger partial charge in [-0.15, -0.1) is 0 Å². The van der Waals surface area contributed by atoms with Crippen molar-refractivity contribution in [1.82, 2.24) is 0 Å². The summed E-state index contributed by atoms with van der Waals surface area (Å²) in [6.45, 7) is 5.50. The molecule has 1 N–H and O–H groups in total. The van der Waals surface area contributed by atoms with Gasteiger partial charge in [-0.1, -0.05) is 19.1 Å². The predicted octanol–water partition coefficient (Wildman–Crippen LogP) is 2.64. The van der Waals surface area contributed by atoms with E-state index in [9.17, 15) is 0 Å². The Morgan fingerprint density at radius 3 is 3.00 bits per heavy atom. The molecule has 0 bridgehead atoms. The molecule has 1 aromatic carbocycles. The van der Waals surface area contributed by atoms with Crippen molar-refractivity contribution >= 4 is 11.4 Å². The highest BCUT2D eigenvalue weighted by Gasteiger charge is 2.20. The van der Waals surface area contributed by atoms with Crippen molar-refractivity contribution in [2.75, 3.05) is 23.8 Å². The van der Waals surface area contributed by atoms with Crippen LogP contribution in [0.15, 0.2) is 18.2 Å². The molecule has 0 saturated heterocycles. The third-order valence-electron chi connectivity index (χ3n) is 2.97. The fourth-order valence-corrected chi connectivity index (χ4v) is 2.20.